The minimum atomic E-state index is -3.59. The van der Waals surface area contributed by atoms with Crippen molar-refractivity contribution in [2.24, 2.45) is 11.7 Å². The van der Waals surface area contributed by atoms with E-state index in [1.165, 1.54) is 20.2 Å². The Kier molecular flexibility index (Phi) is 5.13. The minimum Gasteiger partial charge on any atom is -0.372 e. The van der Waals surface area contributed by atoms with Crippen LogP contribution in [0.1, 0.15) is 13.8 Å². The van der Waals surface area contributed by atoms with Gasteiger partial charge in [0.15, 0.2) is 0 Å². The van der Waals surface area contributed by atoms with E-state index in [1.54, 1.807) is 18.2 Å². The Morgan fingerprint density at radius 3 is 2.25 bits per heavy atom. The summed E-state index contributed by atoms with van der Waals surface area (Å²) in [7, 11) is -0.669. The lowest BCUT2D eigenvalue weighted by atomic mass is 10.0. The number of carbonyl (C=O) groups excluding carboxylic acids is 1. The molecule has 6 nitrogen and oxygen atoms in total. The first-order valence-corrected chi connectivity index (χ1v) is 7.69. The Morgan fingerprint density at radius 1 is 1.25 bits per heavy atom. The van der Waals surface area contributed by atoms with Crippen LogP contribution in [0.25, 0.3) is 0 Å². The molecule has 0 radical (unpaired) electrons. The van der Waals surface area contributed by atoms with Crippen LogP contribution in [0.4, 0.5) is 5.69 Å². The van der Waals surface area contributed by atoms with E-state index in [9.17, 15) is 13.2 Å². The molecular formula is C13H21N3O3S. The summed E-state index contributed by atoms with van der Waals surface area (Å²) in [4.78, 5) is 11.6. The number of nitrogens with zero attached hydrogens (tertiary/aromatic N) is 1. The third kappa shape index (κ3) is 3.49. The fourth-order valence-electron chi connectivity index (χ4n) is 1.74. The van der Waals surface area contributed by atoms with Crippen LogP contribution in [-0.4, -0.2) is 38.8 Å². The molecule has 3 N–H and O–H groups in total. The van der Waals surface area contributed by atoms with Crippen LogP contribution in [0.15, 0.2) is 29.2 Å². The van der Waals surface area contributed by atoms with Crippen LogP contribution in [0, 0.1) is 5.92 Å². The molecule has 0 aliphatic carbocycles. The van der Waals surface area contributed by atoms with E-state index in [0.29, 0.717) is 5.69 Å². The molecule has 1 amide bonds. The van der Waals surface area contributed by atoms with E-state index in [2.05, 4.69) is 5.32 Å². The van der Waals surface area contributed by atoms with Gasteiger partial charge in [0.05, 0.1) is 5.69 Å². The number of para-hydroxylation sites is 1. The van der Waals surface area contributed by atoms with Crippen LogP contribution >= 0.6 is 0 Å². The predicted octanol–water partition coefficient (Wildman–Crippen LogP) is 0.859. The number of hydrogen-bond donors (Lipinski definition) is 2. The summed E-state index contributed by atoms with van der Waals surface area (Å²) in [6.07, 6.45) is 0. The lowest BCUT2D eigenvalue weighted by Crippen LogP contribution is -2.40. The maximum atomic E-state index is 12.2. The van der Waals surface area contributed by atoms with Gasteiger partial charge in [0.25, 0.3) is 0 Å². The number of sulfonamides is 1. The number of nitrogens with two attached hydrogens (primary N) is 1. The van der Waals surface area contributed by atoms with Gasteiger partial charge < -0.3 is 11.1 Å². The molecule has 0 heterocycles. The molecule has 1 aromatic rings. The first-order chi connectivity index (χ1) is 9.17. The van der Waals surface area contributed by atoms with Crippen molar-refractivity contribution in [3.8, 4) is 0 Å². The lowest BCUT2D eigenvalue weighted by molar-refractivity contribution is -0.119. The highest BCUT2D eigenvalue weighted by Crippen LogP contribution is 2.24. The molecule has 1 rings (SSSR count). The van der Waals surface area contributed by atoms with E-state index in [4.69, 9.17) is 5.73 Å². The second-order valence-electron chi connectivity index (χ2n) is 5.05. The predicted molar refractivity (Wildman–Crippen MR) is 78.8 cm³/mol. The topological polar surface area (TPSA) is 92.5 Å². The lowest BCUT2D eigenvalue weighted by Gasteiger charge is -2.23. The van der Waals surface area contributed by atoms with Gasteiger partial charge in [0.1, 0.15) is 10.9 Å². The van der Waals surface area contributed by atoms with E-state index < -0.39 is 22.0 Å². The van der Waals surface area contributed by atoms with E-state index in [1.807, 2.05) is 13.8 Å². The van der Waals surface area contributed by atoms with Crippen LogP contribution in [0.3, 0.4) is 0 Å². The number of primary amides is 1. The first kappa shape index (κ1) is 16.5. The molecule has 0 bridgehead atoms. The fourth-order valence-corrected chi connectivity index (χ4v) is 2.79. The Hall–Kier alpha value is -1.60. The molecular weight excluding hydrogens is 278 g/mol. The maximum absolute atomic E-state index is 12.2. The monoisotopic (exact) mass is 299 g/mol. The quantitative estimate of drug-likeness (QED) is 0.815. The summed E-state index contributed by atoms with van der Waals surface area (Å²) in [6.45, 7) is 3.68. The van der Waals surface area contributed by atoms with E-state index >= 15 is 0 Å². The van der Waals surface area contributed by atoms with Gasteiger partial charge in [-0.3, -0.25) is 4.79 Å². The second kappa shape index (κ2) is 6.23. The molecule has 112 valence electrons. The zero-order chi connectivity index (χ0) is 15.5. The van der Waals surface area contributed by atoms with Crippen molar-refractivity contribution in [3.05, 3.63) is 24.3 Å². The van der Waals surface area contributed by atoms with Gasteiger partial charge in [-0.25, -0.2) is 12.7 Å². The number of benzene rings is 1. The molecule has 0 saturated carbocycles. The average molecular weight is 299 g/mol. The van der Waals surface area contributed by atoms with Crippen LogP contribution in [0.2, 0.25) is 0 Å². The second-order valence-corrected chi connectivity index (χ2v) is 7.17. The van der Waals surface area contributed by atoms with Gasteiger partial charge in [0, 0.05) is 14.1 Å². The Bertz CT molecular complexity index is 582. The SMILES string of the molecule is CC(C)C(Nc1ccccc1S(=O)(=O)N(C)C)C(N)=O. The highest BCUT2D eigenvalue weighted by Gasteiger charge is 2.25. The Balaban J connectivity index is 3.24. The van der Waals surface area contributed by atoms with Crippen molar-refractivity contribution in [1.82, 2.24) is 4.31 Å². The van der Waals surface area contributed by atoms with Gasteiger partial charge in [-0.15, -0.1) is 0 Å². The van der Waals surface area contributed by atoms with Gasteiger partial charge >= 0.3 is 0 Å². The minimum absolute atomic E-state index is 0.0531. The first-order valence-electron chi connectivity index (χ1n) is 6.25. The van der Waals surface area contributed by atoms with E-state index in [-0.39, 0.29) is 10.8 Å². The summed E-state index contributed by atoms with van der Waals surface area (Å²) in [6, 6.07) is 5.82. The Labute approximate surface area is 120 Å². The van der Waals surface area contributed by atoms with Crippen LogP contribution in [0.5, 0.6) is 0 Å². The van der Waals surface area contributed by atoms with Gasteiger partial charge in [-0.1, -0.05) is 26.0 Å². The summed E-state index contributed by atoms with van der Waals surface area (Å²) in [5.74, 6) is -0.570. The molecule has 20 heavy (non-hydrogen) atoms. The highest BCUT2D eigenvalue weighted by atomic mass is 32.2. The van der Waals surface area contributed by atoms with E-state index in [0.717, 1.165) is 4.31 Å². The summed E-state index contributed by atoms with van der Waals surface area (Å²) < 4.78 is 25.6. The standard InChI is InChI=1S/C13H21N3O3S/c1-9(2)12(13(14)17)15-10-7-5-6-8-11(10)20(18,19)16(3)4/h5-9,12,15H,1-4H3,(H2,14,17). The van der Waals surface area contributed by atoms with Crippen molar-refractivity contribution in [2.75, 3.05) is 19.4 Å². The summed E-state index contributed by atoms with van der Waals surface area (Å²) in [5.41, 5.74) is 5.72. The fraction of sp³-hybridized carbons (Fsp3) is 0.462. The number of nitrogens with one attached hydrogen (secondary N) is 1. The normalized spacial score (nSPS) is 13.5. The molecule has 1 unspecified atom stereocenters. The molecule has 0 aliphatic heterocycles. The number of amides is 1. The summed E-state index contributed by atoms with van der Waals surface area (Å²) in [5, 5.41) is 2.93. The van der Waals surface area contributed by atoms with Crippen molar-refractivity contribution in [3.63, 3.8) is 0 Å². The summed E-state index contributed by atoms with van der Waals surface area (Å²) >= 11 is 0. The largest absolute Gasteiger partial charge is 0.372 e. The number of hydrogen-bond acceptors (Lipinski definition) is 4. The highest BCUT2D eigenvalue weighted by molar-refractivity contribution is 7.89. The molecule has 0 aromatic heterocycles. The van der Waals surface area contributed by atoms with Crippen molar-refractivity contribution >= 4 is 21.6 Å². The molecule has 0 saturated heterocycles. The van der Waals surface area contributed by atoms with Crippen LogP contribution < -0.4 is 11.1 Å². The van der Waals surface area contributed by atoms with Crippen molar-refractivity contribution < 1.29 is 13.2 Å². The zero-order valence-electron chi connectivity index (χ0n) is 12.1. The average Bonchev–Trinajstić information content (AvgIpc) is 2.35. The Morgan fingerprint density at radius 2 is 1.80 bits per heavy atom. The maximum Gasteiger partial charge on any atom is 0.244 e. The molecule has 7 heteroatoms. The third-order valence-electron chi connectivity index (χ3n) is 2.93. The smallest absolute Gasteiger partial charge is 0.244 e. The van der Waals surface area contributed by atoms with Crippen molar-refractivity contribution in [1.29, 1.82) is 0 Å². The van der Waals surface area contributed by atoms with Crippen molar-refractivity contribution in [2.45, 2.75) is 24.8 Å². The zero-order valence-corrected chi connectivity index (χ0v) is 12.9. The molecule has 0 fully saturated rings. The number of carbonyl (C=O) groups is 1. The number of rotatable bonds is 6. The molecule has 1 atom stereocenters. The van der Waals surface area contributed by atoms with Crippen LogP contribution in [-0.2, 0) is 14.8 Å². The number of anilines is 1. The van der Waals surface area contributed by atoms with Gasteiger partial charge in [-0.2, -0.15) is 0 Å². The van der Waals surface area contributed by atoms with Gasteiger partial charge in [0.2, 0.25) is 15.9 Å². The third-order valence-corrected chi connectivity index (χ3v) is 4.80. The molecule has 1 aromatic carbocycles. The molecule has 0 spiro atoms. The molecule has 0 aliphatic rings. The van der Waals surface area contributed by atoms with Gasteiger partial charge in [-0.05, 0) is 18.1 Å².